The molecule has 2 aromatic heterocycles. The zero-order valence-corrected chi connectivity index (χ0v) is 17.8. The summed E-state index contributed by atoms with van der Waals surface area (Å²) < 4.78 is 3.29. The molecule has 0 radical (unpaired) electrons. The summed E-state index contributed by atoms with van der Waals surface area (Å²) in [5, 5.41) is 0.887. The molecule has 0 aliphatic heterocycles. The van der Waals surface area contributed by atoms with E-state index in [1.165, 1.54) is 5.56 Å². The second-order valence-electron chi connectivity index (χ2n) is 7.13. The molecule has 2 N–H and O–H groups in total. The van der Waals surface area contributed by atoms with E-state index in [1.54, 1.807) is 6.33 Å². The van der Waals surface area contributed by atoms with Crippen molar-refractivity contribution >= 4 is 32.8 Å². The molecule has 0 unspecified atom stereocenters. The van der Waals surface area contributed by atoms with Gasteiger partial charge in [-0.25, -0.2) is 9.97 Å². The van der Waals surface area contributed by atoms with Gasteiger partial charge in [-0.15, -0.1) is 0 Å². The molecule has 5 rings (SSSR count). The van der Waals surface area contributed by atoms with Gasteiger partial charge in [0, 0.05) is 16.6 Å². The summed E-state index contributed by atoms with van der Waals surface area (Å²) in [6.07, 6.45) is 1.54. The Morgan fingerprint density at radius 1 is 0.800 bits per heavy atom. The van der Waals surface area contributed by atoms with E-state index in [1.807, 2.05) is 30.3 Å². The van der Waals surface area contributed by atoms with E-state index in [4.69, 9.17) is 5.73 Å². The van der Waals surface area contributed by atoms with Gasteiger partial charge in [0.15, 0.2) is 0 Å². The van der Waals surface area contributed by atoms with Crippen molar-refractivity contribution in [2.45, 2.75) is 6.54 Å². The van der Waals surface area contributed by atoms with E-state index in [0.717, 1.165) is 37.9 Å². The summed E-state index contributed by atoms with van der Waals surface area (Å²) >= 11 is 3.59. The first-order valence-electron chi connectivity index (χ1n) is 9.70. The van der Waals surface area contributed by atoms with Crippen molar-refractivity contribution in [3.63, 3.8) is 0 Å². The molecule has 0 atom stereocenters. The molecule has 0 saturated heterocycles. The Hall–Kier alpha value is -3.44. The topological polar surface area (TPSA) is 56.7 Å². The van der Waals surface area contributed by atoms with E-state index in [2.05, 4.69) is 85.1 Å². The van der Waals surface area contributed by atoms with E-state index in [9.17, 15) is 0 Å². The van der Waals surface area contributed by atoms with Crippen LogP contribution in [0.4, 0.5) is 5.82 Å². The van der Waals surface area contributed by atoms with Crippen LogP contribution in [0, 0.1) is 0 Å². The third kappa shape index (κ3) is 3.27. The summed E-state index contributed by atoms with van der Waals surface area (Å²) in [4.78, 5) is 8.96. The molecular weight excluding hydrogens is 436 g/mol. The lowest BCUT2D eigenvalue weighted by molar-refractivity contribution is 0.831. The van der Waals surface area contributed by atoms with Crippen molar-refractivity contribution in [1.82, 2.24) is 14.5 Å². The second-order valence-corrected chi connectivity index (χ2v) is 8.04. The molecule has 0 aliphatic rings. The molecular formula is C25H19BrN4. The van der Waals surface area contributed by atoms with E-state index < -0.39 is 0 Å². The van der Waals surface area contributed by atoms with Crippen molar-refractivity contribution in [1.29, 1.82) is 0 Å². The average molecular weight is 455 g/mol. The maximum absolute atomic E-state index is 6.40. The van der Waals surface area contributed by atoms with Gasteiger partial charge in [-0.05, 0) is 28.8 Å². The molecule has 0 saturated carbocycles. The number of hydrogen-bond donors (Lipinski definition) is 1. The van der Waals surface area contributed by atoms with Crippen molar-refractivity contribution in [3.05, 3.63) is 101 Å². The number of benzene rings is 3. The Bertz CT molecular complexity index is 1330. The van der Waals surface area contributed by atoms with Crippen molar-refractivity contribution < 1.29 is 0 Å². The summed E-state index contributed by atoms with van der Waals surface area (Å²) in [6.45, 7) is 0.670. The van der Waals surface area contributed by atoms with Gasteiger partial charge >= 0.3 is 0 Å². The molecule has 0 fully saturated rings. The summed E-state index contributed by atoms with van der Waals surface area (Å²) in [6, 6.07) is 29.1. The predicted octanol–water partition coefficient (Wildman–Crippen LogP) is 6.16. The number of fused-ring (bicyclic) bond motifs is 1. The number of halogens is 1. The lowest BCUT2D eigenvalue weighted by Crippen LogP contribution is -2.03. The molecule has 5 aromatic rings. The van der Waals surface area contributed by atoms with Crippen LogP contribution >= 0.6 is 15.9 Å². The first kappa shape index (κ1) is 18.6. The largest absolute Gasteiger partial charge is 0.383 e. The molecule has 2 heterocycles. The van der Waals surface area contributed by atoms with Gasteiger partial charge in [-0.1, -0.05) is 88.7 Å². The van der Waals surface area contributed by atoms with Gasteiger partial charge in [-0.3, -0.25) is 0 Å². The monoisotopic (exact) mass is 454 g/mol. The lowest BCUT2D eigenvalue weighted by Gasteiger charge is -2.13. The van der Waals surface area contributed by atoms with Crippen LogP contribution in [0.25, 0.3) is 33.4 Å². The SMILES string of the molecule is Nc1ncnc2c1c(-c1ccccc1)c(-c1ccccc1)n2Cc1cccc(Br)c1. The van der Waals surface area contributed by atoms with Crippen LogP contribution in [0.1, 0.15) is 5.56 Å². The number of nitrogens with two attached hydrogens (primary N) is 1. The van der Waals surface area contributed by atoms with Gasteiger partial charge in [0.1, 0.15) is 17.8 Å². The number of nitrogens with zero attached hydrogens (tertiary/aromatic N) is 3. The van der Waals surface area contributed by atoms with Gasteiger partial charge in [0.25, 0.3) is 0 Å². The van der Waals surface area contributed by atoms with Gasteiger partial charge in [0.2, 0.25) is 0 Å². The van der Waals surface area contributed by atoms with Crippen LogP contribution in [0.3, 0.4) is 0 Å². The Morgan fingerprint density at radius 2 is 1.50 bits per heavy atom. The Balaban J connectivity index is 1.88. The van der Waals surface area contributed by atoms with Crippen LogP contribution in [0.2, 0.25) is 0 Å². The maximum Gasteiger partial charge on any atom is 0.146 e. The van der Waals surface area contributed by atoms with Crippen LogP contribution in [-0.4, -0.2) is 14.5 Å². The zero-order valence-electron chi connectivity index (χ0n) is 16.2. The highest BCUT2D eigenvalue weighted by Crippen LogP contribution is 2.42. The smallest absolute Gasteiger partial charge is 0.146 e. The van der Waals surface area contributed by atoms with Gasteiger partial charge in [0.05, 0.1) is 11.1 Å². The third-order valence-corrected chi connectivity index (χ3v) is 5.70. The van der Waals surface area contributed by atoms with Crippen LogP contribution in [-0.2, 0) is 6.54 Å². The lowest BCUT2D eigenvalue weighted by atomic mass is 9.99. The Morgan fingerprint density at radius 3 is 2.20 bits per heavy atom. The van der Waals surface area contributed by atoms with Crippen molar-refractivity contribution in [2.75, 3.05) is 5.73 Å². The predicted molar refractivity (Wildman–Crippen MR) is 126 cm³/mol. The number of hydrogen-bond acceptors (Lipinski definition) is 3. The number of nitrogen functional groups attached to an aromatic ring is 1. The molecule has 5 heteroatoms. The standard InChI is InChI=1S/C25H19BrN4/c26-20-13-7-8-17(14-20)15-30-23(19-11-5-2-6-12-19)21(18-9-3-1-4-10-18)22-24(27)28-16-29-25(22)30/h1-14,16H,15H2,(H2,27,28,29). The number of aromatic nitrogens is 3. The van der Waals surface area contributed by atoms with Gasteiger partial charge in [-0.2, -0.15) is 0 Å². The van der Waals surface area contributed by atoms with Gasteiger partial charge < -0.3 is 10.3 Å². The number of rotatable bonds is 4. The molecule has 4 nitrogen and oxygen atoms in total. The second kappa shape index (κ2) is 7.76. The first-order valence-corrected chi connectivity index (χ1v) is 10.5. The molecule has 30 heavy (non-hydrogen) atoms. The minimum absolute atomic E-state index is 0.490. The highest BCUT2D eigenvalue weighted by Gasteiger charge is 2.23. The fourth-order valence-electron chi connectivity index (χ4n) is 3.95. The fraction of sp³-hybridized carbons (Fsp3) is 0.0400. The zero-order chi connectivity index (χ0) is 20.5. The van der Waals surface area contributed by atoms with Crippen molar-refractivity contribution in [2.24, 2.45) is 0 Å². The van der Waals surface area contributed by atoms with Crippen molar-refractivity contribution in [3.8, 4) is 22.4 Å². The minimum Gasteiger partial charge on any atom is -0.383 e. The minimum atomic E-state index is 0.490. The van der Waals surface area contributed by atoms with Crippen LogP contribution < -0.4 is 5.73 Å². The molecule has 0 bridgehead atoms. The normalized spacial score (nSPS) is 11.1. The molecule has 0 amide bonds. The summed E-state index contributed by atoms with van der Waals surface area (Å²) in [7, 11) is 0. The van der Waals surface area contributed by atoms with Crippen LogP contribution in [0.15, 0.2) is 95.7 Å². The molecule has 3 aromatic carbocycles. The Labute approximate surface area is 183 Å². The molecule has 0 aliphatic carbocycles. The highest BCUT2D eigenvalue weighted by atomic mass is 79.9. The highest BCUT2D eigenvalue weighted by molar-refractivity contribution is 9.10. The fourth-order valence-corrected chi connectivity index (χ4v) is 4.39. The first-order chi connectivity index (χ1) is 14.7. The average Bonchev–Trinajstić information content (AvgIpc) is 3.10. The Kier molecular flexibility index (Phi) is 4.81. The molecule has 0 spiro atoms. The molecule has 146 valence electrons. The van der Waals surface area contributed by atoms with E-state index in [-0.39, 0.29) is 0 Å². The van der Waals surface area contributed by atoms with Crippen LogP contribution in [0.5, 0.6) is 0 Å². The summed E-state index contributed by atoms with van der Waals surface area (Å²) in [5.41, 5.74) is 12.8. The maximum atomic E-state index is 6.40. The number of anilines is 1. The quantitative estimate of drug-likeness (QED) is 0.353. The third-order valence-electron chi connectivity index (χ3n) is 5.21. The van der Waals surface area contributed by atoms with E-state index in [0.29, 0.717) is 12.4 Å². The van der Waals surface area contributed by atoms with E-state index >= 15 is 0 Å². The summed E-state index contributed by atoms with van der Waals surface area (Å²) in [5.74, 6) is 0.490.